The molecule has 0 aliphatic carbocycles. The number of carbonyl (C=O) groups is 4. The molecule has 0 aromatic heterocycles. The average Bonchev–Trinajstić information content (AvgIpc) is 3.15. The van der Waals surface area contributed by atoms with Crippen LogP contribution in [0.4, 0.5) is 5.69 Å². The molecule has 9 heteroatoms. The van der Waals surface area contributed by atoms with E-state index in [2.05, 4.69) is 16.0 Å². The lowest BCUT2D eigenvalue weighted by molar-refractivity contribution is -0.137. The molecule has 2 aromatic carbocycles. The first kappa shape index (κ1) is 24.3. The van der Waals surface area contributed by atoms with Crippen LogP contribution in [0.2, 0.25) is 0 Å². The van der Waals surface area contributed by atoms with E-state index in [4.69, 9.17) is 4.74 Å². The van der Waals surface area contributed by atoms with Gasteiger partial charge < -0.3 is 20.3 Å². The molecule has 0 saturated carbocycles. The lowest BCUT2D eigenvalue weighted by atomic mass is 10.0. The number of amides is 4. The maximum Gasteiger partial charge on any atom is 0.255 e. The van der Waals surface area contributed by atoms with Gasteiger partial charge in [0.25, 0.3) is 5.91 Å². The molecule has 4 rings (SSSR count). The molecule has 2 aromatic rings. The molecule has 9 nitrogen and oxygen atoms in total. The van der Waals surface area contributed by atoms with Gasteiger partial charge in [0.1, 0.15) is 11.8 Å². The highest BCUT2D eigenvalue weighted by molar-refractivity contribution is 6.06. The second-order valence-corrected chi connectivity index (χ2v) is 8.86. The summed E-state index contributed by atoms with van der Waals surface area (Å²) in [5.41, 5.74) is 3.28. The maximum atomic E-state index is 12.9. The fourth-order valence-corrected chi connectivity index (χ4v) is 4.50. The van der Waals surface area contributed by atoms with Gasteiger partial charge in [-0.3, -0.25) is 24.5 Å². The van der Waals surface area contributed by atoms with E-state index in [1.807, 2.05) is 43.3 Å². The Kier molecular flexibility index (Phi) is 7.33. The average molecular weight is 479 g/mol. The third-order valence-electron chi connectivity index (χ3n) is 6.27. The number of carbonyl (C=O) groups excluding carboxylic acids is 4. The van der Waals surface area contributed by atoms with Crippen LogP contribution in [0.15, 0.2) is 42.5 Å². The fraction of sp³-hybridized carbons (Fsp3) is 0.385. The molecule has 0 spiro atoms. The number of hydrogen-bond donors (Lipinski definition) is 3. The quantitative estimate of drug-likeness (QED) is 0.377. The molecule has 0 radical (unpaired) electrons. The molecule has 35 heavy (non-hydrogen) atoms. The van der Waals surface area contributed by atoms with Gasteiger partial charge in [0.2, 0.25) is 17.7 Å². The minimum absolute atomic E-state index is 0.0794. The second-order valence-electron chi connectivity index (χ2n) is 8.86. The van der Waals surface area contributed by atoms with Gasteiger partial charge in [-0.2, -0.15) is 0 Å². The second kappa shape index (κ2) is 10.6. The molecule has 1 unspecified atom stereocenters. The van der Waals surface area contributed by atoms with Gasteiger partial charge in [-0.15, -0.1) is 0 Å². The molecule has 0 bridgehead atoms. The van der Waals surface area contributed by atoms with Crippen LogP contribution in [-0.4, -0.2) is 47.7 Å². The van der Waals surface area contributed by atoms with Crippen molar-refractivity contribution in [2.24, 2.45) is 0 Å². The first-order valence-electron chi connectivity index (χ1n) is 11.8. The minimum Gasteiger partial charge on any atom is -0.494 e. The Labute approximate surface area is 204 Å². The standard InChI is InChI=1S/C26H30N4O5/c1-16(28-17(2)31)18-6-3-7-19(14-18)35-13-5-12-27-22-9-4-8-20-21(22)15-30(26(20)34)23-10-11-24(32)29-25(23)33/h3-4,6-9,14,16,23,27H,5,10-13,15H2,1-2H3,(H,28,31)(H,29,32,33)/t16-,23?/m1/s1. The van der Waals surface area contributed by atoms with E-state index >= 15 is 0 Å². The largest absolute Gasteiger partial charge is 0.494 e. The van der Waals surface area contributed by atoms with Gasteiger partial charge in [-0.05, 0) is 49.6 Å². The van der Waals surface area contributed by atoms with Crippen molar-refractivity contribution in [3.63, 3.8) is 0 Å². The first-order chi connectivity index (χ1) is 16.8. The van der Waals surface area contributed by atoms with Crippen LogP contribution in [0, 0.1) is 0 Å². The van der Waals surface area contributed by atoms with E-state index in [0.717, 1.165) is 29.0 Å². The molecular weight excluding hydrogens is 448 g/mol. The van der Waals surface area contributed by atoms with E-state index in [1.165, 1.54) is 6.92 Å². The number of imide groups is 1. The number of ether oxygens (including phenoxy) is 1. The summed E-state index contributed by atoms with van der Waals surface area (Å²) in [6, 6.07) is 12.5. The Morgan fingerprint density at radius 1 is 1.20 bits per heavy atom. The van der Waals surface area contributed by atoms with Crippen molar-refractivity contribution in [1.29, 1.82) is 0 Å². The molecule has 3 N–H and O–H groups in total. The number of fused-ring (bicyclic) bond motifs is 1. The van der Waals surface area contributed by atoms with Crippen molar-refractivity contribution in [3.8, 4) is 5.75 Å². The van der Waals surface area contributed by atoms with Crippen LogP contribution in [0.5, 0.6) is 5.75 Å². The number of hydrogen-bond acceptors (Lipinski definition) is 6. The zero-order chi connectivity index (χ0) is 24.9. The summed E-state index contributed by atoms with van der Waals surface area (Å²) in [4.78, 5) is 49.5. The molecule has 2 aliphatic heterocycles. The summed E-state index contributed by atoms with van der Waals surface area (Å²) in [5, 5.41) is 8.58. The smallest absolute Gasteiger partial charge is 0.255 e. The van der Waals surface area contributed by atoms with Gasteiger partial charge >= 0.3 is 0 Å². The van der Waals surface area contributed by atoms with Crippen LogP contribution in [-0.2, 0) is 20.9 Å². The lowest BCUT2D eigenvalue weighted by Crippen LogP contribution is -2.52. The zero-order valence-corrected chi connectivity index (χ0v) is 19.9. The van der Waals surface area contributed by atoms with Gasteiger partial charge in [-0.25, -0.2) is 0 Å². The summed E-state index contributed by atoms with van der Waals surface area (Å²) in [6.45, 7) is 4.90. The Morgan fingerprint density at radius 2 is 2.00 bits per heavy atom. The van der Waals surface area contributed by atoms with Crippen molar-refractivity contribution >= 4 is 29.3 Å². The molecular formula is C26H30N4O5. The predicted octanol–water partition coefficient (Wildman–Crippen LogP) is 2.53. The van der Waals surface area contributed by atoms with Gasteiger partial charge in [0.15, 0.2) is 0 Å². The highest BCUT2D eigenvalue weighted by Crippen LogP contribution is 2.32. The van der Waals surface area contributed by atoms with Crippen molar-refractivity contribution in [2.75, 3.05) is 18.5 Å². The number of piperidine rings is 1. The maximum absolute atomic E-state index is 12.9. The minimum atomic E-state index is -0.627. The first-order valence-corrected chi connectivity index (χ1v) is 11.8. The van der Waals surface area contributed by atoms with E-state index in [0.29, 0.717) is 31.7 Å². The zero-order valence-electron chi connectivity index (χ0n) is 19.9. The third kappa shape index (κ3) is 5.62. The molecule has 4 amide bonds. The highest BCUT2D eigenvalue weighted by Gasteiger charge is 2.39. The fourth-order valence-electron chi connectivity index (χ4n) is 4.50. The third-order valence-corrected chi connectivity index (χ3v) is 6.27. The van der Waals surface area contributed by atoms with Crippen molar-refractivity contribution in [1.82, 2.24) is 15.5 Å². The molecule has 2 aliphatic rings. The summed E-state index contributed by atoms with van der Waals surface area (Å²) in [6.07, 6.45) is 1.31. The van der Waals surface area contributed by atoms with Gasteiger partial charge in [0.05, 0.1) is 12.6 Å². The van der Waals surface area contributed by atoms with E-state index < -0.39 is 11.9 Å². The number of nitrogens with zero attached hydrogens (tertiary/aromatic N) is 1. The predicted molar refractivity (Wildman–Crippen MR) is 130 cm³/mol. The molecule has 2 heterocycles. The van der Waals surface area contributed by atoms with Crippen LogP contribution in [0.25, 0.3) is 0 Å². The van der Waals surface area contributed by atoms with E-state index in [1.54, 1.807) is 11.0 Å². The summed E-state index contributed by atoms with van der Waals surface area (Å²) < 4.78 is 5.88. The van der Waals surface area contributed by atoms with Crippen LogP contribution in [0.1, 0.15) is 60.6 Å². The Bertz CT molecular complexity index is 1150. The number of nitrogens with one attached hydrogen (secondary N) is 3. The summed E-state index contributed by atoms with van der Waals surface area (Å²) in [5.74, 6) is -0.233. The topological polar surface area (TPSA) is 117 Å². The molecule has 184 valence electrons. The Morgan fingerprint density at radius 3 is 2.77 bits per heavy atom. The number of anilines is 1. The van der Waals surface area contributed by atoms with Crippen LogP contribution in [0.3, 0.4) is 0 Å². The van der Waals surface area contributed by atoms with Crippen molar-refractivity contribution < 1.29 is 23.9 Å². The number of rotatable bonds is 9. The van der Waals surface area contributed by atoms with E-state index in [9.17, 15) is 19.2 Å². The summed E-state index contributed by atoms with van der Waals surface area (Å²) in [7, 11) is 0. The van der Waals surface area contributed by atoms with Crippen LogP contribution < -0.4 is 20.7 Å². The van der Waals surface area contributed by atoms with Gasteiger partial charge in [0, 0.05) is 43.2 Å². The molecule has 1 fully saturated rings. The monoisotopic (exact) mass is 478 g/mol. The normalized spacial score (nSPS) is 18.1. The molecule has 1 saturated heterocycles. The van der Waals surface area contributed by atoms with Crippen molar-refractivity contribution in [2.45, 2.75) is 51.7 Å². The Balaban J connectivity index is 1.30. The van der Waals surface area contributed by atoms with Gasteiger partial charge in [-0.1, -0.05) is 18.2 Å². The lowest BCUT2D eigenvalue weighted by Gasteiger charge is -2.29. The number of benzene rings is 2. The Hall–Kier alpha value is -3.88. The molecule has 2 atom stereocenters. The van der Waals surface area contributed by atoms with Crippen molar-refractivity contribution in [3.05, 3.63) is 59.2 Å². The SMILES string of the molecule is CC(=O)N[C@H](C)c1cccc(OCCCNc2cccc3c2CN(C2CCC(=O)NC2=O)C3=O)c1. The highest BCUT2D eigenvalue weighted by atomic mass is 16.5. The van der Waals surface area contributed by atoms with Crippen LogP contribution >= 0.6 is 0 Å². The summed E-state index contributed by atoms with van der Waals surface area (Å²) >= 11 is 0. The van der Waals surface area contributed by atoms with E-state index in [-0.39, 0.29) is 30.2 Å².